The minimum atomic E-state index is 0.572. The van der Waals surface area contributed by atoms with E-state index in [1.807, 2.05) is 24.7 Å². The Kier molecular flexibility index (Phi) is 3.26. The lowest BCUT2D eigenvalue weighted by molar-refractivity contribution is 0.770. The van der Waals surface area contributed by atoms with Crippen LogP contribution in [0.1, 0.15) is 23.5 Å². The highest BCUT2D eigenvalue weighted by molar-refractivity contribution is 5.92. The van der Waals surface area contributed by atoms with E-state index in [0.29, 0.717) is 5.92 Å². The Hall–Kier alpha value is -2.42. The van der Waals surface area contributed by atoms with Gasteiger partial charge >= 0.3 is 0 Å². The molecule has 3 nitrogen and oxygen atoms in total. The fourth-order valence-electron chi connectivity index (χ4n) is 3.39. The Bertz CT molecular complexity index is 798. The average molecular weight is 289 g/mol. The summed E-state index contributed by atoms with van der Waals surface area (Å²) in [5.41, 5.74) is 4.99. The molecule has 110 valence electrons. The molecule has 1 saturated heterocycles. The minimum Gasteiger partial charge on any atom is -0.370 e. The maximum absolute atomic E-state index is 4.51. The zero-order valence-corrected chi connectivity index (χ0v) is 12.7. The number of hydrogen-bond acceptors (Lipinski definition) is 3. The van der Waals surface area contributed by atoms with Gasteiger partial charge in [-0.25, -0.2) is 0 Å². The van der Waals surface area contributed by atoms with Crippen molar-refractivity contribution in [1.82, 2.24) is 9.97 Å². The molecule has 1 aliphatic heterocycles. The molecule has 0 N–H and O–H groups in total. The van der Waals surface area contributed by atoms with Gasteiger partial charge < -0.3 is 4.90 Å². The van der Waals surface area contributed by atoms with E-state index in [1.165, 1.54) is 28.6 Å². The van der Waals surface area contributed by atoms with Gasteiger partial charge in [-0.2, -0.15) is 0 Å². The van der Waals surface area contributed by atoms with Gasteiger partial charge in [0.15, 0.2) is 0 Å². The Morgan fingerprint density at radius 3 is 2.95 bits per heavy atom. The number of anilines is 1. The summed E-state index contributed by atoms with van der Waals surface area (Å²) in [6.07, 6.45) is 6.95. The SMILES string of the molecule is Cc1ccc2c(N3CCC(c4cccnc4)C3)ccnc2c1. The summed E-state index contributed by atoms with van der Waals surface area (Å²) in [5, 5.41) is 1.25. The van der Waals surface area contributed by atoms with Crippen LogP contribution in [0.15, 0.2) is 55.0 Å². The van der Waals surface area contributed by atoms with Crippen LogP contribution in [0.3, 0.4) is 0 Å². The van der Waals surface area contributed by atoms with Crippen molar-refractivity contribution in [2.24, 2.45) is 0 Å². The smallest absolute Gasteiger partial charge is 0.0725 e. The molecule has 0 bridgehead atoms. The summed E-state index contributed by atoms with van der Waals surface area (Å²) >= 11 is 0. The Labute approximate surface area is 130 Å². The monoisotopic (exact) mass is 289 g/mol. The van der Waals surface area contributed by atoms with Gasteiger partial charge in [-0.1, -0.05) is 18.2 Å². The van der Waals surface area contributed by atoms with Gasteiger partial charge in [0.2, 0.25) is 0 Å². The highest BCUT2D eigenvalue weighted by Crippen LogP contribution is 2.33. The molecule has 1 aliphatic rings. The van der Waals surface area contributed by atoms with E-state index < -0.39 is 0 Å². The first-order valence-corrected chi connectivity index (χ1v) is 7.81. The van der Waals surface area contributed by atoms with Crippen molar-refractivity contribution in [2.45, 2.75) is 19.3 Å². The fraction of sp³-hybridized carbons (Fsp3) is 0.263. The number of pyridine rings is 2. The van der Waals surface area contributed by atoms with Crippen LogP contribution in [-0.4, -0.2) is 23.1 Å². The molecular weight excluding hydrogens is 270 g/mol. The first kappa shape index (κ1) is 13.3. The second-order valence-corrected chi connectivity index (χ2v) is 6.07. The van der Waals surface area contributed by atoms with Crippen LogP contribution in [0.25, 0.3) is 10.9 Å². The van der Waals surface area contributed by atoms with Gasteiger partial charge in [0.1, 0.15) is 0 Å². The molecule has 0 radical (unpaired) electrons. The zero-order chi connectivity index (χ0) is 14.9. The molecule has 4 rings (SSSR count). The molecule has 22 heavy (non-hydrogen) atoms. The van der Waals surface area contributed by atoms with Crippen LogP contribution in [-0.2, 0) is 0 Å². The first-order chi connectivity index (χ1) is 10.8. The van der Waals surface area contributed by atoms with E-state index in [9.17, 15) is 0 Å². The average Bonchev–Trinajstić information content (AvgIpc) is 3.04. The highest BCUT2D eigenvalue weighted by Gasteiger charge is 2.25. The Morgan fingerprint density at radius 2 is 2.09 bits per heavy atom. The predicted octanol–water partition coefficient (Wildman–Crippen LogP) is 3.93. The van der Waals surface area contributed by atoms with Crippen molar-refractivity contribution in [3.8, 4) is 0 Å². The van der Waals surface area contributed by atoms with Gasteiger partial charge in [-0.15, -0.1) is 0 Å². The Morgan fingerprint density at radius 1 is 1.14 bits per heavy atom. The van der Waals surface area contributed by atoms with Crippen molar-refractivity contribution in [2.75, 3.05) is 18.0 Å². The third-order valence-corrected chi connectivity index (χ3v) is 4.56. The molecule has 1 fully saturated rings. The number of fused-ring (bicyclic) bond motifs is 1. The zero-order valence-electron chi connectivity index (χ0n) is 12.7. The van der Waals surface area contributed by atoms with Gasteiger partial charge in [0.25, 0.3) is 0 Å². The summed E-state index contributed by atoms with van der Waals surface area (Å²) < 4.78 is 0. The van der Waals surface area contributed by atoms with E-state index in [-0.39, 0.29) is 0 Å². The van der Waals surface area contributed by atoms with Crippen LogP contribution in [0.2, 0.25) is 0 Å². The molecule has 0 spiro atoms. The molecular formula is C19H19N3. The molecule has 0 amide bonds. The van der Waals surface area contributed by atoms with Gasteiger partial charge in [0, 0.05) is 48.7 Å². The normalized spacial score (nSPS) is 18.0. The number of rotatable bonds is 2. The third kappa shape index (κ3) is 2.33. The maximum Gasteiger partial charge on any atom is 0.0725 e. The summed E-state index contributed by atoms with van der Waals surface area (Å²) in [4.78, 5) is 11.3. The van der Waals surface area contributed by atoms with Crippen LogP contribution in [0.5, 0.6) is 0 Å². The van der Waals surface area contributed by atoms with E-state index >= 15 is 0 Å². The lowest BCUT2D eigenvalue weighted by Gasteiger charge is -2.20. The van der Waals surface area contributed by atoms with Gasteiger partial charge in [-0.3, -0.25) is 9.97 Å². The van der Waals surface area contributed by atoms with Crippen molar-refractivity contribution in [1.29, 1.82) is 0 Å². The summed E-state index contributed by atoms with van der Waals surface area (Å²) in [7, 11) is 0. The van der Waals surface area contributed by atoms with Crippen LogP contribution in [0.4, 0.5) is 5.69 Å². The number of aryl methyl sites for hydroxylation is 1. The highest BCUT2D eigenvalue weighted by atomic mass is 15.2. The lowest BCUT2D eigenvalue weighted by Crippen LogP contribution is -2.19. The van der Waals surface area contributed by atoms with Crippen molar-refractivity contribution in [3.63, 3.8) is 0 Å². The lowest BCUT2D eigenvalue weighted by atomic mass is 10.0. The standard InChI is InChI=1S/C19H19N3/c1-14-4-5-17-18(11-14)21-9-6-19(17)22-10-7-16(13-22)15-3-2-8-20-12-15/h2-6,8-9,11-12,16H,7,10,13H2,1H3. The number of hydrogen-bond donors (Lipinski definition) is 0. The molecule has 3 aromatic rings. The summed E-state index contributed by atoms with van der Waals surface area (Å²) in [6, 6.07) is 12.9. The maximum atomic E-state index is 4.51. The summed E-state index contributed by atoms with van der Waals surface area (Å²) in [5.74, 6) is 0.572. The predicted molar refractivity (Wildman–Crippen MR) is 90.3 cm³/mol. The Balaban J connectivity index is 1.66. The third-order valence-electron chi connectivity index (χ3n) is 4.56. The molecule has 1 atom stereocenters. The molecule has 2 aromatic heterocycles. The van der Waals surface area contributed by atoms with Crippen LogP contribution < -0.4 is 4.90 Å². The molecule has 1 aromatic carbocycles. The molecule has 3 heterocycles. The van der Waals surface area contributed by atoms with Crippen molar-refractivity contribution in [3.05, 3.63) is 66.1 Å². The molecule has 3 heteroatoms. The van der Waals surface area contributed by atoms with E-state index in [4.69, 9.17) is 0 Å². The van der Waals surface area contributed by atoms with E-state index in [2.05, 4.69) is 52.1 Å². The molecule has 1 unspecified atom stereocenters. The molecule has 0 saturated carbocycles. The second-order valence-electron chi connectivity index (χ2n) is 6.07. The number of benzene rings is 1. The first-order valence-electron chi connectivity index (χ1n) is 7.81. The van der Waals surface area contributed by atoms with E-state index in [0.717, 1.165) is 18.6 Å². The van der Waals surface area contributed by atoms with Crippen molar-refractivity contribution < 1.29 is 0 Å². The second kappa shape index (κ2) is 5.41. The van der Waals surface area contributed by atoms with Crippen LogP contribution in [0, 0.1) is 6.92 Å². The quantitative estimate of drug-likeness (QED) is 0.715. The van der Waals surface area contributed by atoms with Gasteiger partial charge in [-0.05, 0) is 42.7 Å². The topological polar surface area (TPSA) is 29.0 Å². The number of aromatic nitrogens is 2. The van der Waals surface area contributed by atoms with Crippen molar-refractivity contribution >= 4 is 16.6 Å². The summed E-state index contributed by atoms with van der Waals surface area (Å²) in [6.45, 7) is 4.26. The fourth-order valence-corrected chi connectivity index (χ4v) is 3.39. The molecule has 0 aliphatic carbocycles. The van der Waals surface area contributed by atoms with E-state index in [1.54, 1.807) is 0 Å². The van der Waals surface area contributed by atoms with Gasteiger partial charge in [0.05, 0.1) is 5.52 Å². The number of nitrogens with zero attached hydrogens (tertiary/aromatic N) is 3. The van der Waals surface area contributed by atoms with Crippen LogP contribution >= 0.6 is 0 Å². The largest absolute Gasteiger partial charge is 0.370 e. The minimum absolute atomic E-state index is 0.572.